The topological polar surface area (TPSA) is 113 Å². The maximum atomic E-state index is 12.8. The van der Waals surface area contributed by atoms with E-state index in [4.69, 9.17) is 22.7 Å². The Morgan fingerprint density at radius 2 is 2.22 bits per heavy atom. The number of nitrogen functional groups attached to an aromatic ring is 1. The molecule has 0 saturated carbocycles. The van der Waals surface area contributed by atoms with Gasteiger partial charge in [-0.1, -0.05) is 6.07 Å². The molecule has 0 saturated heterocycles. The maximum Gasteiger partial charge on any atom is 0.200 e. The highest BCUT2D eigenvalue weighted by Crippen LogP contribution is 2.47. The van der Waals surface area contributed by atoms with Crippen molar-refractivity contribution in [2.45, 2.75) is 32.1 Å². The molecule has 2 aromatic rings. The van der Waals surface area contributed by atoms with E-state index < -0.39 is 5.92 Å². The number of aromatic amines is 1. The van der Waals surface area contributed by atoms with Gasteiger partial charge in [0, 0.05) is 29.2 Å². The highest BCUT2D eigenvalue weighted by molar-refractivity contribution is 7.71. The van der Waals surface area contributed by atoms with E-state index in [-0.39, 0.29) is 16.3 Å². The number of anilines is 2. The van der Waals surface area contributed by atoms with Crippen LogP contribution in [0.1, 0.15) is 43.2 Å². The zero-order valence-corrected chi connectivity index (χ0v) is 15.7. The predicted molar refractivity (Wildman–Crippen MR) is 104 cm³/mol. The maximum absolute atomic E-state index is 12.8. The van der Waals surface area contributed by atoms with Gasteiger partial charge in [-0.25, -0.2) is 4.98 Å². The van der Waals surface area contributed by atoms with Crippen LogP contribution in [0.15, 0.2) is 29.5 Å². The molecule has 27 heavy (non-hydrogen) atoms. The number of rotatable bonds is 3. The van der Waals surface area contributed by atoms with E-state index in [0.717, 1.165) is 24.1 Å². The largest absolute Gasteiger partial charge is 0.504 e. The molecule has 1 aromatic carbocycles. The van der Waals surface area contributed by atoms with Crippen molar-refractivity contribution in [1.82, 2.24) is 9.97 Å². The molecule has 4 rings (SSSR count). The highest BCUT2D eigenvalue weighted by atomic mass is 32.1. The van der Waals surface area contributed by atoms with Crippen LogP contribution in [0.5, 0.6) is 11.5 Å². The van der Waals surface area contributed by atoms with Gasteiger partial charge >= 0.3 is 0 Å². The molecule has 140 valence electrons. The molecule has 0 radical (unpaired) electrons. The number of benzene rings is 1. The van der Waals surface area contributed by atoms with E-state index in [2.05, 4.69) is 15.3 Å². The summed E-state index contributed by atoms with van der Waals surface area (Å²) < 4.78 is 5.81. The van der Waals surface area contributed by atoms with Crippen LogP contribution in [0, 0.1) is 4.77 Å². The molecule has 0 spiro atoms. The molecule has 8 heteroatoms. The third-order valence-electron chi connectivity index (χ3n) is 4.92. The molecular formula is C19H20N4O3S. The standard InChI is InChI=1S/C19H20N4O3S/c1-2-26-13-8-9(6-7-11(13)24)14-15-10(4-3-5-12(15)25)21-18-16(14)17(20)22-19(27)23-18/h6-8,14,24H,2-5H2,1H3,(H4,20,21,22,23,27). The number of aromatic nitrogens is 2. The Hall–Kier alpha value is -2.87. The first-order valence-corrected chi connectivity index (χ1v) is 9.29. The highest BCUT2D eigenvalue weighted by Gasteiger charge is 2.37. The predicted octanol–water partition coefficient (Wildman–Crippen LogP) is 3.39. The van der Waals surface area contributed by atoms with Crippen molar-refractivity contribution < 1.29 is 14.6 Å². The number of carbonyl (C=O) groups excluding carboxylic acids is 1. The van der Waals surface area contributed by atoms with Crippen LogP contribution in [0.25, 0.3) is 0 Å². The lowest BCUT2D eigenvalue weighted by atomic mass is 9.76. The number of phenolic OH excluding ortho intramolecular Hbond substituents is 1. The molecule has 1 aromatic heterocycles. The molecule has 2 aliphatic rings. The number of ketones is 1. The summed E-state index contributed by atoms with van der Waals surface area (Å²) in [7, 11) is 0. The first-order chi connectivity index (χ1) is 13.0. The van der Waals surface area contributed by atoms with Crippen LogP contribution in [-0.2, 0) is 4.79 Å². The number of fused-ring (bicyclic) bond motifs is 1. The second-order valence-corrected chi connectivity index (χ2v) is 6.99. The average Bonchev–Trinajstić information content (AvgIpc) is 2.62. The number of hydrogen-bond acceptors (Lipinski definition) is 7. The van der Waals surface area contributed by atoms with E-state index in [9.17, 15) is 9.90 Å². The number of ether oxygens (including phenoxy) is 1. The van der Waals surface area contributed by atoms with E-state index in [1.54, 1.807) is 18.2 Å². The SMILES string of the molecule is CCOc1cc(C2C3=C(CCCC3=O)Nc3nc(=S)[nH]c(N)c32)ccc1O. The third kappa shape index (κ3) is 2.95. The molecule has 0 amide bonds. The Labute approximate surface area is 161 Å². The van der Waals surface area contributed by atoms with Gasteiger partial charge in [0.2, 0.25) is 0 Å². The van der Waals surface area contributed by atoms with Gasteiger partial charge in [-0.15, -0.1) is 0 Å². The molecule has 0 bridgehead atoms. The van der Waals surface area contributed by atoms with Gasteiger partial charge < -0.3 is 25.9 Å². The van der Waals surface area contributed by atoms with Gasteiger partial charge in [-0.2, -0.15) is 0 Å². The van der Waals surface area contributed by atoms with Gasteiger partial charge in [-0.05, 0) is 49.7 Å². The molecule has 1 unspecified atom stereocenters. The minimum Gasteiger partial charge on any atom is -0.504 e. The van der Waals surface area contributed by atoms with E-state index >= 15 is 0 Å². The van der Waals surface area contributed by atoms with Crippen molar-refractivity contribution in [2.75, 3.05) is 17.7 Å². The summed E-state index contributed by atoms with van der Waals surface area (Å²) in [6.45, 7) is 2.27. The summed E-state index contributed by atoms with van der Waals surface area (Å²) in [5, 5.41) is 13.3. The number of Topliss-reactive ketones (excluding diaryl/α,β-unsaturated/α-hetero) is 1. The molecule has 1 aliphatic heterocycles. The van der Waals surface area contributed by atoms with E-state index in [0.29, 0.717) is 41.5 Å². The smallest absolute Gasteiger partial charge is 0.200 e. The summed E-state index contributed by atoms with van der Waals surface area (Å²) in [5.74, 6) is 1.06. The third-order valence-corrected chi connectivity index (χ3v) is 5.11. The quantitative estimate of drug-likeness (QED) is 0.600. The van der Waals surface area contributed by atoms with Crippen molar-refractivity contribution in [3.63, 3.8) is 0 Å². The second kappa shape index (κ2) is 6.70. The number of nitrogens with one attached hydrogen (secondary N) is 2. The first-order valence-electron chi connectivity index (χ1n) is 8.88. The fourth-order valence-corrected chi connectivity index (χ4v) is 4.02. The molecule has 0 fully saturated rings. The molecule has 1 atom stereocenters. The number of hydrogen-bond donors (Lipinski definition) is 4. The average molecular weight is 384 g/mol. The summed E-state index contributed by atoms with van der Waals surface area (Å²) in [4.78, 5) is 20.1. The zero-order valence-electron chi connectivity index (χ0n) is 14.8. The molecule has 5 N–H and O–H groups in total. The monoisotopic (exact) mass is 384 g/mol. The Balaban J connectivity index is 1.96. The second-order valence-electron chi connectivity index (χ2n) is 6.61. The Morgan fingerprint density at radius 1 is 1.41 bits per heavy atom. The lowest BCUT2D eigenvalue weighted by molar-refractivity contribution is -0.116. The van der Waals surface area contributed by atoms with Crippen molar-refractivity contribution in [3.05, 3.63) is 45.4 Å². The first kappa shape index (κ1) is 17.5. The van der Waals surface area contributed by atoms with Crippen molar-refractivity contribution >= 4 is 29.6 Å². The van der Waals surface area contributed by atoms with Crippen LogP contribution < -0.4 is 15.8 Å². The number of phenols is 1. The normalized spacial score (nSPS) is 18.6. The van der Waals surface area contributed by atoms with Crippen molar-refractivity contribution in [1.29, 1.82) is 0 Å². The van der Waals surface area contributed by atoms with Crippen LogP contribution >= 0.6 is 12.2 Å². The van der Waals surface area contributed by atoms with Gasteiger partial charge in [0.25, 0.3) is 0 Å². The van der Waals surface area contributed by atoms with Crippen molar-refractivity contribution in [2.24, 2.45) is 0 Å². The molecular weight excluding hydrogens is 364 g/mol. The Bertz CT molecular complexity index is 1030. The summed E-state index contributed by atoms with van der Waals surface area (Å²) >= 11 is 5.16. The van der Waals surface area contributed by atoms with Crippen LogP contribution in [0.4, 0.5) is 11.6 Å². The number of carbonyl (C=O) groups is 1. The lowest BCUT2D eigenvalue weighted by Gasteiger charge is -2.34. The minimum atomic E-state index is -0.400. The van der Waals surface area contributed by atoms with Crippen LogP contribution in [0.2, 0.25) is 0 Å². The summed E-state index contributed by atoms with van der Waals surface area (Å²) in [6, 6.07) is 5.11. The molecule has 7 nitrogen and oxygen atoms in total. The molecule has 2 heterocycles. The minimum absolute atomic E-state index is 0.0532. The number of nitrogens with two attached hydrogens (primary N) is 1. The van der Waals surface area contributed by atoms with Crippen LogP contribution in [-0.4, -0.2) is 27.5 Å². The number of aromatic hydroxyl groups is 1. The van der Waals surface area contributed by atoms with Gasteiger partial charge in [0.05, 0.1) is 6.61 Å². The summed E-state index contributed by atoms with van der Waals surface area (Å²) in [6.07, 6.45) is 2.06. The Kier molecular flexibility index (Phi) is 4.35. The van der Waals surface area contributed by atoms with Crippen molar-refractivity contribution in [3.8, 4) is 11.5 Å². The van der Waals surface area contributed by atoms with Gasteiger partial charge in [0.1, 0.15) is 11.6 Å². The number of nitrogens with zero attached hydrogens (tertiary/aromatic N) is 1. The lowest BCUT2D eigenvalue weighted by Crippen LogP contribution is -2.28. The number of H-pyrrole nitrogens is 1. The molecule has 1 aliphatic carbocycles. The summed E-state index contributed by atoms with van der Waals surface area (Å²) in [5.41, 5.74) is 9.30. The van der Waals surface area contributed by atoms with Gasteiger partial charge in [-0.3, -0.25) is 4.79 Å². The fraction of sp³-hybridized carbons (Fsp3) is 0.316. The van der Waals surface area contributed by atoms with Gasteiger partial charge in [0.15, 0.2) is 22.1 Å². The zero-order chi connectivity index (χ0) is 19.1. The van der Waals surface area contributed by atoms with E-state index in [1.807, 2.05) is 6.92 Å². The fourth-order valence-electron chi connectivity index (χ4n) is 3.82. The number of allylic oxidation sites excluding steroid dienone is 2. The van der Waals surface area contributed by atoms with E-state index in [1.165, 1.54) is 0 Å². The Morgan fingerprint density at radius 3 is 3.00 bits per heavy atom. The van der Waals surface area contributed by atoms with Crippen LogP contribution in [0.3, 0.4) is 0 Å².